The molecule has 2 rings (SSSR count). The smallest absolute Gasteiger partial charge is 0.314 e. The van der Waals surface area contributed by atoms with Crippen molar-refractivity contribution in [2.45, 2.75) is 18.8 Å². The first-order valence-electron chi connectivity index (χ1n) is 6.27. The Morgan fingerprint density at radius 3 is 2.74 bits per heavy atom. The molecule has 1 aromatic heterocycles. The molecule has 102 valence electrons. The number of hydrogen-bond donors (Lipinski definition) is 1. The van der Waals surface area contributed by atoms with Crippen molar-refractivity contribution in [1.82, 2.24) is 4.57 Å². The molecule has 0 aliphatic rings. The number of para-hydroxylation sites is 1. The molecule has 19 heavy (non-hydrogen) atoms. The third-order valence-electron chi connectivity index (χ3n) is 3.77. The summed E-state index contributed by atoms with van der Waals surface area (Å²) in [5, 5.41) is 10.6. The third-order valence-corrected chi connectivity index (χ3v) is 3.77. The number of aromatic nitrogens is 1. The molecule has 1 heterocycles. The number of carboxylic acids is 1. The quantitative estimate of drug-likeness (QED) is 0.900. The number of methoxy groups -OCH3 is 1. The van der Waals surface area contributed by atoms with Gasteiger partial charge in [0.1, 0.15) is 0 Å². The summed E-state index contributed by atoms with van der Waals surface area (Å²) in [4.78, 5) is 11.7. The van der Waals surface area contributed by atoms with Crippen LogP contribution in [0.1, 0.15) is 18.9 Å². The van der Waals surface area contributed by atoms with Gasteiger partial charge in [-0.05, 0) is 25.0 Å². The summed E-state index contributed by atoms with van der Waals surface area (Å²) in [7, 11) is 3.52. The van der Waals surface area contributed by atoms with Crippen molar-refractivity contribution in [2.75, 3.05) is 13.7 Å². The summed E-state index contributed by atoms with van der Waals surface area (Å²) in [5.74, 6) is -0.819. The second-order valence-corrected chi connectivity index (χ2v) is 5.05. The molecule has 4 nitrogen and oxygen atoms in total. The lowest BCUT2D eigenvalue weighted by Crippen LogP contribution is -2.33. The van der Waals surface area contributed by atoms with Gasteiger partial charge in [0.15, 0.2) is 0 Å². The lowest BCUT2D eigenvalue weighted by atomic mass is 9.79. The second kappa shape index (κ2) is 5.05. The van der Waals surface area contributed by atoms with Gasteiger partial charge in [0.05, 0.1) is 5.41 Å². The van der Waals surface area contributed by atoms with E-state index >= 15 is 0 Å². The Balaban J connectivity index is 2.60. The molecule has 4 heteroatoms. The van der Waals surface area contributed by atoms with Gasteiger partial charge in [-0.3, -0.25) is 4.79 Å². The Kier molecular flexibility index (Phi) is 3.62. The fourth-order valence-electron chi connectivity index (χ4n) is 2.44. The average molecular weight is 261 g/mol. The van der Waals surface area contributed by atoms with Gasteiger partial charge in [0.2, 0.25) is 0 Å². The molecule has 0 radical (unpaired) electrons. The number of hydrogen-bond acceptors (Lipinski definition) is 2. The van der Waals surface area contributed by atoms with Crippen molar-refractivity contribution >= 4 is 16.9 Å². The largest absolute Gasteiger partial charge is 0.481 e. The predicted octanol–water partition coefficient (Wildman–Crippen LogP) is 2.56. The molecule has 0 bridgehead atoms. The Labute approximate surface area is 112 Å². The van der Waals surface area contributed by atoms with E-state index in [1.165, 1.54) is 0 Å². The van der Waals surface area contributed by atoms with Crippen LogP contribution in [0, 0.1) is 0 Å². The van der Waals surface area contributed by atoms with Crippen LogP contribution in [0.5, 0.6) is 0 Å². The van der Waals surface area contributed by atoms with E-state index in [1.54, 1.807) is 14.0 Å². The molecule has 0 aliphatic heterocycles. The number of aliphatic carboxylic acids is 1. The van der Waals surface area contributed by atoms with Crippen LogP contribution >= 0.6 is 0 Å². The number of nitrogens with zero attached hydrogens (tertiary/aromatic N) is 1. The van der Waals surface area contributed by atoms with Crippen molar-refractivity contribution in [3.8, 4) is 0 Å². The SMILES string of the molecule is COCCC(C)(C(=O)O)c1cn(C)c2ccccc12. The molecule has 1 N–H and O–H groups in total. The van der Waals surface area contributed by atoms with Gasteiger partial charge >= 0.3 is 5.97 Å². The number of carbonyl (C=O) groups is 1. The zero-order valence-electron chi connectivity index (χ0n) is 11.5. The summed E-state index contributed by atoms with van der Waals surface area (Å²) < 4.78 is 7.03. The van der Waals surface area contributed by atoms with Crippen molar-refractivity contribution in [2.24, 2.45) is 7.05 Å². The van der Waals surface area contributed by atoms with Crippen LogP contribution in [-0.4, -0.2) is 29.4 Å². The van der Waals surface area contributed by atoms with E-state index in [0.29, 0.717) is 13.0 Å². The minimum Gasteiger partial charge on any atom is -0.481 e. The van der Waals surface area contributed by atoms with Gasteiger partial charge in [-0.1, -0.05) is 18.2 Å². The topological polar surface area (TPSA) is 51.5 Å². The van der Waals surface area contributed by atoms with E-state index in [9.17, 15) is 9.90 Å². The summed E-state index contributed by atoms with van der Waals surface area (Å²) in [6.07, 6.45) is 2.36. The average Bonchev–Trinajstić information content (AvgIpc) is 2.74. The lowest BCUT2D eigenvalue weighted by Gasteiger charge is -2.24. The highest BCUT2D eigenvalue weighted by Crippen LogP contribution is 2.34. The van der Waals surface area contributed by atoms with Crippen LogP contribution in [-0.2, 0) is 22.0 Å². The zero-order chi connectivity index (χ0) is 14.0. The second-order valence-electron chi connectivity index (χ2n) is 5.05. The molecule has 0 saturated heterocycles. The van der Waals surface area contributed by atoms with E-state index in [2.05, 4.69) is 0 Å². The fourth-order valence-corrected chi connectivity index (χ4v) is 2.44. The fraction of sp³-hybridized carbons (Fsp3) is 0.400. The Morgan fingerprint density at radius 2 is 2.11 bits per heavy atom. The first kappa shape index (κ1) is 13.6. The Morgan fingerprint density at radius 1 is 1.42 bits per heavy atom. The van der Waals surface area contributed by atoms with Gasteiger partial charge in [-0.2, -0.15) is 0 Å². The van der Waals surface area contributed by atoms with Gasteiger partial charge in [-0.25, -0.2) is 0 Å². The van der Waals surface area contributed by atoms with E-state index in [-0.39, 0.29) is 0 Å². The Hall–Kier alpha value is -1.81. The Bertz CT molecular complexity index is 602. The summed E-state index contributed by atoms with van der Waals surface area (Å²) in [5.41, 5.74) is 0.953. The van der Waals surface area contributed by atoms with E-state index in [1.807, 2.05) is 42.1 Å². The molecule has 1 aromatic carbocycles. The first-order chi connectivity index (χ1) is 9.00. The summed E-state index contributed by atoms with van der Waals surface area (Å²) >= 11 is 0. The molecule has 2 aromatic rings. The van der Waals surface area contributed by atoms with Crippen molar-refractivity contribution in [3.05, 3.63) is 36.0 Å². The number of aryl methyl sites for hydroxylation is 1. The minimum atomic E-state index is -0.934. The van der Waals surface area contributed by atoms with E-state index in [4.69, 9.17) is 4.74 Å². The predicted molar refractivity (Wildman–Crippen MR) is 74.4 cm³/mol. The van der Waals surface area contributed by atoms with Crippen LogP contribution in [0.3, 0.4) is 0 Å². The lowest BCUT2D eigenvalue weighted by molar-refractivity contribution is -0.143. The van der Waals surface area contributed by atoms with Crippen LogP contribution in [0.15, 0.2) is 30.5 Å². The molecule has 1 atom stereocenters. The third kappa shape index (κ3) is 2.24. The van der Waals surface area contributed by atoms with Crippen LogP contribution in [0.2, 0.25) is 0 Å². The van der Waals surface area contributed by atoms with Crippen LogP contribution < -0.4 is 0 Å². The molecule has 0 spiro atoms. The molecule has 0 aliphatic carbocycles. The monoisotopic (exact) mass is 261 g/mol. The number of benzene rings is 1. The number of ether oxygens (including phenoxy) is 1. The highest BCUT2D eigenvalue weighted by atomic mass is 16.5. The number of carboxylic acid groups (broad SMARTS) is 1. The van der Waals surface area contributed by atoms with Crippen molar-refractivity contribution in [1.29, 1.82) is 0 Å². The first-order valence-corrected chi connectivity index (χ1v) is 6.27. The van der Waals surface area contributed by atoms with Gasteiger partial charge in [-0.15, -0.1) is 0 Å². The van der Waals surface area contributed by atoms with Gasteiger partial charge in [0.25, 0.3) is 0 Å². The summed E-state index contributed by atoms with van der Waals surface area (Å²) in [6, 6.07) is 7.86. The molecular formula is C15H19NO3. The maximum atomic E-state index is 11.7. The zero-order valence-corrected chi connectivity index (χ0v) is 11.5. The van der Waals surface area contributed by atoms with Crippen LogP contribution in [0.4, 0.5) is 0 Å². The molecular weight excluding hydrogens is 242 g/mol. The van der Waals surface area contributed by atoms with E-state index in [0.717, 1.165) is 16.5 Å². The number of fused-ring (bicyclic) bond motifs is 1. The van der Waals surface area contributed by atoms with Crippen molar-refractivity contribution < 1.29 is 14.6 Å². The number of rotatable bonds is 5. The van der Waals surface area contributed by atoms with Gasteiger partial charge < -0.3 is 14.4 Å². The normalized spacial score (nSPS) is 14.5. The highest BCUT2D eigenvalue weighted by molar-refractivity contribution is 5.92. The minimum absolute atomic E-state index is 0.423. The maximum absolute atomic E-state index is 11.7. The maximum Gasteiger partial charge on any atom is 0.314 e. The molecule has 0 saturated carbocycles. The molecule has 0 amide bonds. The van der Waals surface area contributed by atoms with Crippen molar-refractivity contribution in [3.63, 3.8) is 0 Å². The van der Waals surface area contributed by atoms with Crippen LogP contribution in [0.25, 0.3) is 10.9 Å². The molecule has 0 fully saturated rings. The summed E-state index contributed by atoms with van der Waals surface area (Å²) in [6.45, 7) is 2.18. The molecule has 1 unspecified atom stereocenters. The standard InChI is InChI=1S/C15H19NO3/c1-15(14(17)18,8-9-19-3)12-10-16(2)13-7-5-4-6-11(12)13/h4-7,10H,8-9H2,1-3H3,(H,17,18). The van der Waals surface area contributed by atoms with E-state index < -0.39 is 11.4 Å². The highest BCUT2D eigenvalue weighted by Gasteiger charge is 2.37. The van der Waals surface area contributed by atoms with Gasteiger partial charge in [0, 0.05) is 37.9 Å².